The van der Waals surface area contributed by atoms with Gasteiger partial charge in [0.2, 0.25) is 0 Å². The maximum atomic E-state index is 12.4. The lowest BCUT2D eigenvalue weighted by Crippen LogP contribution is -2.29. The number of thiocarbonyl (C=S) groups is 1. The number of hydrogen-bond acceptors (Lipinski definition) is 6. The number of carboxylic acid groups (broad SMARTS) is 1. The Bertz CT molecular complexity index is 657. The summed E-state index contributed by atoms with van der Waals surface area (Å²) in [6.07, 6.45) is 3.68. The third-order valence-electron chi connectivity index (χ3n) is 3.30. The summed E-state index contributed by atoms with van der Waals surface area (Å²) in [4.78, 5) is 24.8. The van der Waals surface area contributed by atoms with E-state index in [1.807, 2.05) is 0 Å². The second kappa shape index (κ2) is 8.12. The van der Waals surface area contributed by atoms with Crippen molar-refractivity contribution < 1.29 is 19.8 Å². The van der Waals surface area contributed by atoms with Gasteiger partial charge < -0.3 is 15.0 Å². The molecule has 1 aromatic carbocycles. The van der Waals surface area contributed by atoms with Crippen LogP contribution in [-0.4, -0.2) is 32.7 Å². The van der Waals surface area contributed by atoms with Crippen molar-refractivity contribution >= 4 is 46.3 Å². The first-order valence-corrected chi connectivity index (χ1v) is 8.44. The average Bonchev–Trinajstić information content (AvgIpc) is 2.74. The first kappa shape index (κ1) is 17.5. The zero-order valence-corrected chi connectivity index (χ0v) is 14.0. The second-order valence-corrected chi connectivity index (χ2v) is 6.79. The third kappa shape index (κ3) is 5.07. The number of phenols is 1. The smallest absolute Gasteiger partial charge is 0.266 e. The van der Waals surface area contributed by atoms with E-state index in [-0.39, 0.29) is 18.1 Å². The van der Waals surface area contributed by atoms with Gasteiger partial charge in [-0.1, -0.05) is 42.5 Å². The minimum atomic E-state index is -1.05. The number of carboxylic acids is 1. The molecule has 1 saturated heterocycles. The Kier molecular flexibility index (Phi) is 6.18. The van der Waals surface area contributed by atoms with Crippen molar-refractivity contribution in [1.29, 1.82) is 0 Å². The molecule has 0 spiro atoms. The lowest BCUT2D eigenvalue weighted by atomic mass is 10.2. The van der Waals surface area contributed by atoms with Gasteiger partial charge in [0, 0.05) is 12.5 Å². The quantitative estimate of drug-likeness (QED) is 0.460. The van der Waals surface area contributed by atoms with Crippen LogP contribution in [0.15, 0.2) is 29.2 Å². The minimum absolute atomic E-state index is 0.0375. The molecule has 0 bridgehead atoms. The first-order chi connectivity index (χ1) is 11.0. The van der Waals surface area contributed by atoms with Gasteiger partial charge in [-0.25, -0.2) is 0 Å². The minimum Gasteiger partial charge on any atom is -0.550 e. The Morgan fingerprint density at radius 1 is 1.35 bits per heavy atom. The summed E-state index contributed by atoms with van der Waals surface area (Å²) in [5.41, 5.74) is 0.736. The summed E-state index contributed by atoms with van der Waals surface area (Å²) >= 11 is 6.46. The first-order valence-electron chi connectivity index (χ1n) is 7.21. The second-order valence-electron chi connectivity index (χ2n) is 5.11. The predicted molar refractivity (Wildman–Crippen MR) is 91.5 cm³/mol. The van der Waals surface area contributed by atoms with Crippen molar-refractivity contribution in [2.75, 3.05) is 6.54 Å². The van der Waals surface area contributed by atoms with E-state index in [9.17, 15) is 19.8 Å². The summed E-state index contributed by atoms with van der Waals surface area (Å²) in [6.45, 7) is 0.481. The number of benzene rings is 1. The van der Waals surface area contributed by atoms with Gasteiger partial charge in [-0.3, -0.25) is 9.69 Å². The lowest BCUT2D eigenvalue weighted by Gasteiger charge is -2.14. The molecule has 0 radical (unpaired) electrons. The Labute approximate surface area is 144 Å². The number of carbonyl (C=O) groups is 2. The van der Waals surface area contributed by atoms with Crippen molar-refractivity contribution in [2.24, 2.45) is 0 Å². The largest absolute Gasteiger partial charge is 0.550 e. The van der Waals surface area contributed by atoms with Crippen molar-refractivity contribution in [3.8, 4) is 5.75 Å². The molecule has 122 valence electrons. The molecular weight excluding hydrogens is 334 g/mol. The summed E-state index contributed by atoms with van der Waals surface area (Å²) < 4.78 is 0.501. The van der Waals surface area contributed by atoms with Crippen LogP contribution in [0.5, 0.6) is 5.75 Å². The maximum Gasteiger partial charge on any atom is 0.266 e. The van der Waals surface area contributed by atoms with E-state index in [2.05, 4.69) is 0 Å². The summed E-state index contributed by atoms with van der Waals surface area (Å²) in [6, 6.07) is 6.65. The molecule has 0 atom stereocenters. The highest BCUT2D eigenvalue weighted by molar-refractivity contribution is 8.26. The number of hydrogen-bond donors (Lipinski definition) is 1. The number of phenolic OH excluding ortho intramolecular Hbond substituents is 1. The highest BCUT2D eigenvalue weighted by Gasteiger charge is 2.31. The van der Waals surface area contributed by atoms with Crippen LogP contribution in [0.2, 0.25) is 0 Å². The van der Waals surface area contributed by atoms with E-state index in [0.29, 0.717) is 35.0 Å². The Morgan fingerprint density at radius 2 is 2.13 bits per heavy atom. The van der Waals surface area contributed by atoms with Crippen LogP contribution in [-0.2, 0) is 9.59 Å². The van der Waals surface area contributed by atoms with Gasteiger partial charge >= 0.3 is 0 Å². The number of carbonyl (C=O) groups excluding carboxylic acids is 2. The zero-order valence-electron chi connectivity index (χ0n) is 12.4. The van der Waals surface area contributed by atoms with Crippen molar-refractivity contribution in [2.45, 2.75) is 25.7 Å². The monoisotopic (exact) mass is 350 g/mol. The van der Waals surface area contributed by atoms with Crippen molar-refractivity contribution in [1.82, 2.24) is 4.90 Å². The molecule has 23 heavy (non-hydrogen) atoms. The van der Waals surface area contributed by atoms with E-state index in [1.165, 1.54) is 16.7 Å². The number of rotatable bonds is 7. The highest BCUT2D eigenvalue weighted by Crippen LogP contribution is 2.33. The van der Waals surface area contributed by atoms with Crippen molar-refractivity contribution in [3.05, 3.63) is 34.7 Å². The van der Waals surface area contributed by atoms with Gasteiger partial charge in [-0.15, -0.1) is 0 Å². The molecular formula is C16H16NO4S2-. The van der Waals surface area contributed by atoms with Crippen LogP contribution in [0, 0.1) is 0 Å². The molecule has 2 rings (SSSR count). The number of aromatic hydroxyl groups is 1. The average molecular weight is 350 g/mol. The van der Waals surface area contributed by atoms with Crippen LogP contribution in [0.1, 0.15) is 31.2 Å². The standard InChI is InChI=1S/C16H17NO4S2/c18-12-6-4-5-11(9-12)10-13-15(21)17(16(22)23-13)8-3-1-2-7-14(19)20/h4-6,9-10,18H,1-3,7-8H2,(H,19,20)/p-1. The van der Waals surface area contributed by atoms with Crippen molar-refractivity contribution in [3.63, 3.8) is 0 Å². The molecule has 7 heteroatoms. The molecule has 1 aliphatic heterocycles. The number of unbranched alkanes of at least 4 members (excludes halogenated alkanes) is 2. The molecule has 0 unspecified atom stereocenters. The highest BCUT2D eigenvalue weighted by atomic mass is 32.2. The number of nitrogens with zero attached hydrogens (tertiary/aromatic N) is 1. The van der Waals surface area contributed by atoms with E-state index < -0.39 is 5.97 Å². The van der Waals surface area contributed by atoms with E-state index >= 15 is 0 Å². The van der Waals surface area contributed by atoms with Gasteiger partial charge in [0.15, 0.2) is 0 Å². The zero-order chi connectivity index (χ0) is 16.8. The predicted octanol–water partition coefficient (Wildman–Crippen LogP) is 1.90. The molecule has 1 amide bonds. The van der Waals surface area contributed by atoms with Gasteiger partial charge in [0.05, 0.1) is 4.91 Å². The molecule has 1 heterocycles. The van der Waals surface area contributed by atoms with Crippen LogP contribution in [0.3, 0.4) is 0 Å². The molecule has 0 aliphatic carbocycles. The van der Waals surface area contributed by atoms with Crippen LogP contribution < -0.4 is 5.11 Å². The molecule has 1 aliphatic rings. The maximum absolute atomic E-state index is 12.4. The number of thioether (sulfide) groups is 1. The van der Waals surface area contributed by atoms with E-state index in [0.717, 1.165) is 5.56 Å². The topological polar surface area (TPSA) is 80.7 Å². The summed E-state index contributed by atoms with van der Waals surface area (Å²) in [7, 11) is 0. The van der Waals surface area contributed by atoms with E-state index in [1.54, 1.807) is 30.3 Å². The molecule has 5 nitrogen and oxygen atoms in total. The number of amides is 1. The molecule has 1 fully saturated rings. The van der Waals surface area contributed by atoms with Gasteiger partial charge in [-0.05, 0) is 43.0 Å². The normalized spacial score (nSPS) is 16.3. The van der Waals surface area contributed by atoms with Crippen LogP contribution in [0.25, 0.3) is 6.08 Å². The number of aliphatic carboxylic acids is 1. The summed E-state index contributed by atoms with van der Waals surface area (Å²) in [5, 5.41) is 19.8. The van der Waals surface area contributed by atoms with E-state index in [4.69, 9.17) is 12.2 Å². The fraction of sp³-hybridized carbons (Fsp3) is 0.312. The molecule has 1 N–H and O–H groups in total. The third-order valence-corrected chi connectivity index (χ3v) is 4.68. The Morgan fingerprint density at radius 3 is 2.83 bits per heavy atom. The SMILES string of the molecule is O=C([O-])CCCCCN1C(=O)C(=Cc2cccc(O)c2)SC1=S. The van der Waals surface area contributed by atoms with Crippen LogP contribution >= 0.6 is 24.0 Å². The molecule has 0 aromatic heterocycles. The Hall–Kier alpha value is -1.86. The Balaban J connectivity index is 1.93. The van der Waals surface area contributed by atoms with Gasteiger partial charge in [-0.2, -0.15) is 0 Å². The molecule has 1 aromatic rings. The molecule has 0 saturated carbocycles. The summed E-state index contributed by atoms with van der Waals surface area (Å²) in [5.74, 6) is -1.06. The van der Waals surface area contributed by atoms with Crippen LogP contribution in [0.4, 0.5) is 0 Å². The van der Waals surface area contributed by atoms with Gasteiger partial charge in [0.1, 0.15) is 10.1 Å². The fourth-order valence-corrected chi connectivity index (χ4v) is 3.48. The fourth-order valence-electron chi connectivity index (χ4n) is 2.17. The lowest BCUT2D eigenvalue weighted by molar-refractivity contribution is -0.305. The van der Waals surface area contributed by atoms with Gasteiger partial charge in [0.25, 0.3) is 5.91 Å².